The molecule has 4 aliphatic carbocycles. The molecule has 144 valence electrons. The highest BCUT2D eigenvalue weighted by Crippen LogP contribution is 2.61. The number of hydrogen-bond acceptors (Lipinski definition) is 3. The number of amides is 1. The Kier molecular flexibility index (Phi) is 4.04. The SMILES string of the molecule is O=C(O)CN(CC1CC1)C1CC(NC(=O)C2CC23CCc2ccccc23)C1. The van der Waals surface area contributed by atoms with E-state index in [1.807, 2.05) is 0 Å². The number of aryl methyl sites for hydroxylation is 1. The van der Waals surface area contributed by atoms with Crippen LogP contribution in [0.5, 0.6) is 0 Å². The summed E-state index contributed by atoms with van der Waals surface area (Å²) in [5.74, 6) is 0.277. The van der Waals surface area contributed by atoms with Gasteiger partial charge < -0.3 is 10.4 Å². The summed E-state index contributed by atoms with van der Waals surface area (Å²) in [7, 11) is 0. The summed E-state index contributed by atoms with van der Waals surface area (Å²) in [6.07, 6.45) is 7.42. The van der Waals surface area contributed by atoms with Crippen LogP contribution >= 0.6 is 0 Å². The molecule has 1 aromatic rings. The van der Waals surface area contributed by atoms with Crippen molar-refractivity contribution >= 4 is 11.9 Å². The lowest BCUT2D eigenvalue weighted by Crippen LogP contribution is -2.55. The molecule has 0 bridgehead atoms. The van der Waals surface area contributed by atoms with Gasteiger partial charge in [0.05, 0.1) is 6.54 Å². The van der Waals surface area contributed by atoms with E-state index >= 15 is 0 Å². The molecule has 4 aliphatic rings. The molecular formula is C22H28N2O3. The Morgan fingerprint density at radius 3 is 2.74 bits per heavy atom. The number of nitrogens with one attached hydrogen (secondary N) is 1. The van der Waals surface area contributed by atoms with Gasteiger partial charge in [-0.2, -0.15) is 0 Å². The maximum absolute atomic E-state index is 12.8. The van der Waals surface area contributed by atoms with Crippen molar-refractivity contribution in [3.05, 3.63) is 35.4 Å². The Morgan fingerprint density at radius 1 is 1.22 bits per heavy atom. The van der Waals surface area contributed by atoms with Gasteiger partial charge in [0.15, 0.2) is 0 Å². The molecule has 2 atom stereocenters. The molecule has 5 rings (SSSR count). The number of nitrogens with zero attached hydrogens (tertiary/aromatic N) is 1. The molecule has 1 aromatic carbocycles. The van der Waals surface area contributed by atoms with Crippen LogP contribution in [0.4, 0.5) is 0 Å². The third-order valence-electron chi connectivity index (χ3n) is 7.29. The largest absolute Gasteiger partial charge is 0.480 e. The van der Waals surface area contributed by atoms with Crippen LogP contribution in [-0.4, -0.2) is 47.1 Å². The molecule has 2 unspecified atom stereocenters. The Balaban J connectivity index is 1.14. The Labute approximate surface area is 160 Å². The van der Waals surface area contributed by atoms with Crippen LogP contribution in [-0.2, 0) is 21.4 Å². The van der Waals surface area contributed by atoms with Gasteiger partial charge in [-0.3, -0.25) is 14.5 Å². The highest BCUT2D eigenvalue weighted by molar-refractivity contribution is 5.85. The highest BCUT2D eigenvalue weighted by atomic mass is 16.4. The van der Waals surface area contributed by atoms with Gasteiger partial charge in [0.25, 0.3) is 0 Å². The summed E-state index contributed by atoms with van der Waals surface area (Å²) in [5, 5.41) is 12.4. The van der Waals surface area contributed by atoms with Gasteiger partial charge in [0.1, 0.15) is 0 Å². The highest BCUT2D eigenvalue weighted by Gasteiger charge is 2.61. The minimum atomic E-state index is -0.747. The molecule has 0 radical (unpaired) electrons. The zero-order valence-corrected chi connectivity index (χ0v) is 15.7. The lowest BCUT2D eigenvalue weighted by Gasteiger charge is -2.42. The van der Waals surface area contributed by atoms with Crippen LogP contribution in [0.1, 0.15) is 49.7 Å². The number of carbonyl (C=O) groups excluding carboxylic acids is 1. The van der Waals surface area contributed by atoms with Crippen LogP contribution < -0.4 is 5.32 Å². The second-order valence-corrected chi connectivity index (χ2v) is 9.17. The summed E-state index contributed by atoms with van der Waals surface area (Å²) < 4.78 is 0. The summed E-state index contributed by atoms with van der Waals surface area (Å²) in [4.78, 5) is 26.1. The van der Waals surface area contributed by atoms with Gasteiger partial charge >= 0.3 is 5.97 Å². The fourth-order valence-corrected chi connectivity index (χ4v) is 5.39. The quantitative estimate of drug-likeness (QED) is 0.775. The number of benzene rings is 1. The minimum Gasteiger partial charge on any atom is -0.480 e. The fraction of sp³-hybridized carbons (Fsp3) is 0.636. The van der Waals surface area contributed by atoms with E-state index < -0.39 is 5.97 Å². The Bertz CT molecular complexity index is 769. The molecule has 0 aliphatic heterocycles. The number of aliphatic carboxylic acids is 1. The number of rotatable bonds is 7. The molecule has 2 N–H and O–H groups in total. The molecule has 0 saturated heterocycles. The van der Waals surface area contributed by atoms with Crippen molar-refractivity contribution in [3.63, 3.8) is 0 Å². The average Bonchev–Trinajstić information content (AvgIpc) is 3.49. The smallest absolute Gasteiger partial charge is 0.317 e. The normalized spacial score (nSPS) is 33.6. The number of carboxylic acid groups (broad SMARTS) is 1. The van der Waals surface area contributed by atoms with E-state index in [1.165, 1.54) is 24.0 Å². The lowest BCUT2D eigenvalue weighted by atomic mass is 9.84. The van der Waals surface area contributed by atoms with Crippen molar-refractivity contribution in [2.45, 2.75) is 62.4 Å². The lowest BCUT2D eigenvalue weighted by molar-refractivity contribution is -0.140. The zero-order chi connectivity index (χ0) is 18.6. The van der Waals surface area contributed by atoms with Gasteiger partial charge in [-0.25, -0.2) is 0 Å². The second-order valence-electron chi connectivity index (χ2n) is 9.17. The van der Waals surface area contributed by atoms with E-state index in [9.17, 15) is 9.59 Å². The van der Waals surface area contributed by atoms with Crippen molar-refractivity contribution in [1.82, 2.24) is 10.2 Å². The van der Waals surface area contributed by atoms with Crippen LogP contribution in [0, 0.1) is 11.8 Å². The summed E-state index contributed by atoms with van der Waals surface area (Å²) in [6, 6.07) is 9.11. The monoisotopic (exact) mass is 368 g/mol. The maximum atomic E-state index is 12.8. The van der Waals surface area contributed by atoms with Gasteiger partial charge in [-0.1, -0.05) is 24.3 Å². The van der Waals surface area contributed by atoms with E-state index in [1.54, 1.807) is 0 Å². The molecule has 1 amide bonds. The van der Waals surface area contributed by atoms with Gasteiger partial charge in [-0.15, -0.1) is 0 Å². The molecule has 27 heavy (non-hydrogen) atoms. The molecular weight excluding hydrogens is 340 g/mol. The first-order valence-corrected chi connectivity index (χ1v) is 10.4. The van der Waals surface area contributed by atoms with Crippen LogP contribution in [0.2, 0.25) is 0 Å². The van der Waals surface area contributed by atoms with Crippen molar-refractivity contribution < 1.29 is 14.7 Å². The van der Waals surface area contributed by atoms with Gasteiger partial charge in [-0.05, 0) is 62.0 Å². The first-order valence-electron chi connectivity index (χ1n) is 10.4. The van der Waals surface area contributed by atoms with Crippen molar-refractivity contribution in [1.29, 1.82) is 0 Å². The van der Waals surface area contributed by atoms with Crippen molar-refractivity contribution in [2.24, 2.45) is 11.8 Å². The van der Waals surface area contributed by atoms with Crippen LogP contribution in [0.25, 0.3) is 0 Å². The predicted octanol–water partition coefficient (Wildman–Crippen LogP) is 2.33. The Hall–Kier alpha value is -1.88. The number of carboxylic acids is 1. The maximum Gasteiger partial charge on any atom is 0.317 e. The molecule has 1 spiro atoms. The van der Waals surface area contributed by atoms with E-state index in [0.29, 0.717) is 12.0 Å². The minimum absolute atomic E-state index is 0.102. The van der Waals surface area contributed by atoms with E-state index in [-0.39, 0.29) is 29.8 Å². The van der Waals surface area contributed by atoms with Crippen LogP contribution in [0.3, 0.4) is 0 Å². The van der Waals surface area contributed by atoms with E-state index in [4.69, 9.17) is 5.11 Å². The summed E-state index contributed by atoms with van der Waals surface area (Å²) >= 11 is 0. The summed E-state index contributed by atoms with van der Waals surface area (Å²) in [6.45, 7) is 1.03. The third-order valence-corrected chi connectivity index (χ3v) is 7.29. The molecule has 3 saturated carbocycles. The molecule has 5 nitrogen and oxygen atoms in total. The van der Waals surface area contributed by atoms with Gasteiger partial charge in [0.2, 0.25) is 5.91 Å². The molecule has 0 aromatic heterocycles. The number of fused-ring (bicyclic) bond motifs is 2. The Morgan fingerprint density at radius 2 is 2.00 bits per heavy atom. The van der Waals surface area contributed by atoms with E-state index in [2.05, 4.69) is 34.5 Å². The van der Waals surface area contributed by atoms with Crippen molar-refractivity contribution in [2.75, 3.05) is 13.1 Å². The molecule has 0 heterocycles. The standard InChI is InChI=1S/C22H28N2O3/c25-20(26)13-24(12-14-5-6-14)17-9-16(10-17)23-21(27)19-11-22(19)8-7-15-3-1-2-4-18(15)22/h1-4,14,16-17,19H,5-13H2,(H,23,27)(H,25,26). The molecule has 5 heteroatoms. The second kappa shape index (κ2) is 6.33. The molecule has 3 fully saturated rings. The zero-order valence-electron chi connectivity index (χ0n) is 15.7. The van der Waals surface area contributed by atoms with E-state index in [0.717, 1.165) is 38.6 Å². The fourth-order valence-electron chi connectivity index (χ4n) is 5.39. The first-order chi connectivity index (χ1) is 13.0. The van der Waals surface area contributed by atoms with Crippen LogP contribution in [0.15, 0.2) is 24.3 Å². The third kappa shape index (κ3) is 3.16. The average molecular weight is 368 g/mol. The topological polar surface area (TPSA) is 69.6 Å². The van der Waals surface area contributed by atoms with Crippen molar-refractivity contribution in [3.8, 4) is 0 Å². The van der Waals surface area contributed by atoms with Gasteiger partial charge in [0, 0.05) is 30.0 Å². The summed E-state index contributed by atoms with van der Waals surface area (Å²) in [5.41, 5.74) is 2.92. The first kappa shape index (κ1) is 17.2. The number of hydrogen-bond donors (Lipinski definition) is 2. The number of carbonyl (C=O) groups is 2. The predicted molar refractivity (Wildman–Crippen MR) is 101 cm³/mol.